The van der Waals surface area contributed by atoms with Gasteiger partial charge >= 0.3 is 0 Å². The molecule has 1 saturated heterocycles. The van der Waals surface area contributed by atoms with Crippen molar-refractivity contribution < 1.29 is 13.2 Å². The highest BCUT2D eigenvalue weighted by Crippen LogP contribution is 2.31. The molecule has 0 radical (unpaired) electrons. The van der Waals surface area contributed by atoms with Crippen LogP contribution in [0.4, 0.5) is 5.69 Å². The smallest absolute Gasteiger partial charge is 0.250 e. The summed E-state index contributed by atoms with van der Waals surface area (Å²) in [5, 5.41) is 0. The fourth-order valence-electron chi connectivity index (χ4n) is 4.07. The van der Waals surface area contributed by atoms with Crippen LogP contribution in [0.25, 0.3) is 0 Å². The molecule has 4 rings (SSSR count). The third kappa shape index (κ3) is 4.00. The highest BCUT2D eigenvalue weighted by molar-refractivity contribution is 7.89. The van der Waals surface area contributed by atoms with Crippen LogP contribution in [-0.2, 0) is 27.8 Å². The molecule has 29 heavy (non-hydrogen) atoms. The van der Waals surface area contributed by atoms with Gasteiger partial charge in [0.15, 0.2) is 0 Å². The number of hydrogen-bond acceptors (Lipinski definition) is 4. The number of pyridine rings is 1. The van der Waals surface area contributed by atoms with Crippen LogP contribution in [0, 0.1) is 0 Å². The first kappa shape index (κ1) is 19.8. The monoisotopic (exact) mass is 415 g/mol. The van der Waals surface area contributed by atoms with Crippen LogP contribution < -0.4 is 10.5 Å². The number of hydrogen-bond donors (Lipinski definition) is 0. The van der Waals surface area contributed by atoms with Gasteiger partial charge in [-0.2, -0.15) is 4.31 Å². The molecule has 2 aromatic rings. The van der Waals surface area contributed by atoms with Gasteiger partial charge in [0.25, 0.3) is 5.56 Å². The summed E-state index contributed by atoms with van der Waals surface area (Å²) in [6.45, 7) is 2.07. The van der Waals surface area contributed by atoms with Crippen LogP contribution in [0.5, 0.6) is 0 Å². The summed E-state index contributed by atoms with van der Waals surface area (Å²) in [5.74, 6) is -0.0585. The third-order valence-corrected chi connectivity index (χ3v) is 7.53. The quantitative estimate of drug-likeness (QED) is 0.748. The van der Waals surface area contributed by atoms with E-state index in [1.807, 2.05) is 0 Å². The van der Waals surface area contributed by atoms with Gasteiger partial charge in [-0.05, 0) is 55.5 Å². The summed E-state index contributed by atoms with van der Waals surface area (Å²) in [6.07, 6.45) is 5.23. The van der Waals surface area contributed by atoms with E-state index in [1.165, 1.54) is 14.9 Å². The number of benzene rings is 1. The Morgan fingerprint density at radius 2 is 1.79 bits per heavy atom. The normalized spacial score (nSPS) is 17.3. The van der Waals surface area contributed by atoms with Gasteiger partial charge in [-0.1, -0.05) is 6.07 Å². The number of rotatable bonds is 5. The molecule has 2 aliphatic rings. The predicted molar refractivity (Wildman–Crippen MR) is 110 cm³/mol. The van der Waals surface area contributed by atoms with Crippen molar-refractivity contribution >= 4 is 21.6 Å². The summed E-state index contributed by atoms with van der Waals surface area (Å²) in [4.78, 5) is 26.7. The number of carbonyl (C=O) groups is 1. The average molecular weight is 416 g/mol. The summed E-state index contributed by atoms with van der Waals surface area (Å²) in [5.41, 5.74) is 1.54. The molecular weight excluding hydrogens is 390 g/mol. The number of carbonyl (C=O) groups excluding carboxylic acids is 1. The van der Waals surface area contributed by atoms with E-state index in [2.05, 4.69) is 0 Å². The second-order valence-corrected chi connectivity index (χ2v) is 9.47. The van der Waals surface area contributed by atoms with E-state index in [1.54, 1.807) is 41.4 Å². The number of aromatic nitrogens is 1. The molecule has 0 atom stereocenters. The van der Waals surface area contributed by atoms with Crippen molar-refractivity contribution in [3.8, 4) is 0 Å². The first-order chi connectivity index (χ1) is 14.0. The zero-order valence-electron chi connectivity index (χ0n) is 16.3. The van der Waals surface area contributed by atoms with Crippen LogP contribution in [0.1, 0.15) is 31.2 Å². The maximum Gasteiger partial charge on any atom is 0.250 e. The van der Waals surface area contributed by atoms with Crippen LogP contribution in [0.15, 0.2) is 52.3 Å². The maximum absolute atomic E-state index is 12.8. The van der Waals surface area contributed by atoms with Crippen molar-refractivity contribution in [2.45, 2.75) is 43.5 Å². The standard InChI is InChI=1S/C21H25N3O4S/c25-20-7-1-2-11-22(20)15-10-21(26)24-14-5-6-17-16-18(8-9-19(17)24)29(27,28)23-12-3-4-13-23/h1-2,7-9,11,16H,3-6,10,12-15H2. The second-order valence-electron chi connectivity index (χ2n) is 7.53. The van der Waals surface area contributed by atoms with Crippen molar-refractivity contribution in [1.29, 1.82) is 0 Å². The third-order valence-electron chi connectivity index (χ3n) is 5.64. The molecule has 0 bridgehead atoms. The fourth-order valence-corrected chi connectivity index (χ4v) is 5.64. The number of anilines is 1. The Morgan fingerprint density at radius 1 is 1.00 bits per heavy atom. The number of fused-ring (bicyclic) bond motifs is 1. The Bertz CT molecular complexity index is 1070. The van der Waals surface area contributed by atoms with Gasteiger partial charge in [0, 0.05) is 50.6 Å². The fraction of sp³-hybridized carbons (Fsp3) is 0.429. The lowest BCUT2D eigenvalue weighted by Crippen LogP contribution is -2.36. The largest absolute Gasteiger partial charge is 0.315 e. The minimum Gasteiger partial charge on any atom is -0.315 e. The Labute approximate surface area is 170 Å². The van der Waals surface area contributed by atoms with E-state index in [0.29, 0.717) is 31.1 Å². The molecular formula is C21H25N3O4S. The molecule has 0 saturated carbocycles. The first-order valence-corrected chi connectivity index (χ1v) is 11.5. The first-order valence-electron chi connectivity index (χ1n) is 10.1. The molecule has 1 aromatic heterocycles. The molecule has 0 unspecified atom stereocenters. The van der Waals surface area contributed by atoms with Gasteiger partial charge in [0.05, 0.1) is 4.90 Å². The number of sulfonamides is 1. The Morgan fingerprint density at radius 3 is 2.55 bits per heavy atom. The highest BCUT2D eigenvalue weighted by atomic mass is 32.2. The molecule has 8 heteroatoms. The van der Waals surface area contributed by atoms with E-state index >= 15 is 0 Å². The number of amides is 1. The average Bonchev–Trinajstić information content (AvgIpc) is 3.28. The van der Waals surface area contributed by atoms with Crippen LogP contribution in [0.3, 0.4) is 0 Å². The Hall–Kier alpha value is -2.45. The highest BCUT2D eigenvalue weighted by Gasteiger charge is 2.29. The van der Waals surface area contributed by atoms with Gasteiger partial charge in [0.2, 0.25) is 15.9 Å². The van der Waals surface area contributed by atoms with Gasteiger partial charge < -0.3 is 9.47 Å². The summed E-state index contributed by atoms with van der Waals surface area (Å²) in [6, 6.07) is 10.0. The van der Waals surface area contributed by atoms with E-state index in [-0.39, 0.29) is 17.9 Å². The van der Waals surface area contributed by atoms with Crippen molar-refractivity contribution in [2.24, 2.45) is 0 Å². The van der Waals surface area contributed by atoms with E-state index in [4.69, 9.17) is 0 Å². The van der Waals surface area contributed by atoms with Gasteiger partial charge in [-0.3, -0.25) is 9.59 Å². The summed E-state index contributed by atoms with van der Waals surface area (Å²) < 4.78 is 28.7. The zero-order valence-corrected chi connectivity index (χ0v) is 17.1. The van der Waals surface area contributed by atoms with Crippen molar-refractivity contribution in [2.75, 3.05) is 24.5 Å². The second kappa shape index (κ2) is 8.12. The summed E-state index contributed by atoms with van der Waals surface area (Å²) in [7, 11) is -3.47. The lowest BCUT2D eigenvalue weighted by molar-refractivity contribution is -0.118. The molecule has 0 spiro atoms. The van der Waals surface area contributed by atoms with Crippen molar-refractivity contribution in [3.05, 3.63) is 58.5 Å². The molecule has 0 aliphatic carbocycles. The maximum atomic E-state index is 12.8. The Balaban J connectivity index is 1.53. The summed E-state index contributed by atoms with van der Waals surface area (Å²) >= 11 is 0. The lowest BCUT2D eigenvalue weighted by atomic mass is 10.0. The van der Waals surface area contributed by atoms with Crippen LogP contribution in [0.2, 0.25) is 0 Å². The zero-order chi connectivity index (χ0) is 20.4. The molecule has 2 aliphatic heterocycles. The molecule has 154 valence electrons. The molecule has 0 N–H and O–H groups in total. The van der Waals surface area contributed by atoms with E-state index in [0.717, 1.165) is 36.9 Å². The minimum absolute atomic E-state index is 0.0585. The predicted octanol–water partition coefficient (Wildman–Crippen LogP) is 2.00. The lowest BCUT2D eigenvalue weighted by Gasteiger charge is -2.30. The van der Waals surface area contributed by atoms with E-state index in [9.17, 15) is 18.0 Å². The number of nitrogens with zero attached hydrogens (tertiary/aromatic N) is 3. The number of aryl methyl sites for hydroxylation is 2. The topological polar surface area (TPSA) is 79.7 Å². The molecule has 1 amide bonds. The molecule has 3 heterocycles. The van der Waals surface area contributed by atoms with Crippen molar-refractivity contribution in [1.82, 2.24) is 8.87 Å². The van der Waals surface area contributed by atoms with Crippen LogP contribution in [-0.4, -0.2) is 42.8 Å². The molecule has 7 nitrogen and oxygen atoms in total. The SMILES string of the molecule is O=C(CCn1ccccc1=O)N1CCCc2cc(S(=O)(=O)N3CCCC3)ccc21. The van der Waals surface area contributed by atoms with Gasteiger partial charge in [-0.25, -0.2) is 8.42 Å². The minimum atomic E-state index is -3.47. The van der Waals surface area contributed by atoms with Crippen molar-refractivity contribution in [3.63, 3.8) is 0 Å². The van der Waals surface area contributed by atoms with Crippen LogP contribution >= 0.6 is 0 Å². The van der Waals surface area contributed by atoms with Gasteiger partial charge in [-0.15, -0.1) is 0 Å². The van der Waals surface area contributed by atoms with Gasteiger partial charge in [0.1, 0.15) is 0 Å². The molecule has 1 aromatic carbocycles. The Kier molecular flexibility index (Phi) is 5.56. The van der Waals surface area contributed by atoms with E-state index < -0.39 is 10.0 Å². The molecule has 1 fully saturated rings.